The van der Waals surface area contributed by atoms with E-state index < -0.39 is 15.7 Å². The lowest BCUT2D eigenvalue weighted by Gasteiger charge is -1.97. The maximum Gasteiger partial charge on any atom is 0.250 e. The highest BCUT2D eigenvalue weighted by molar-refractivity contribution is 7.93. The van der Waals surface area contributed by atoms with E-state index in [2.05, 4.69) is 15.5 Å². The fourth-order valence-electron chi connectivity index (χ4n) is 1.70. The minimum absolute atomic E-state index is 0.0303. The normalized spacial score (nSPS) is 11.8. The molecule has 2 rings (SSSR count). The van der Waals surface area contributed by atoms with Crippen LogP contribution >= 0.6 is 22.9 Å². The summed E-state index contributed by atoms with van der Waals surface area (Å²) in [5.74, 6) is -0.388. The zero-order chi connectivity index (χ0) is 17.6. The number of hydrogen-bond acceptors (Lipinski definition) is 6. The van der Waals surface area contributed by atoms with Crippen LogP contribution in [0.2, 0.25) is 5.02 Å². The molecule has 128 valence electrons. The zero-order valence-electron chi connectivity index (χ0n) is 12.9. The molecule has 0 atom stereocenters. The molecule has 1 aromatic carbocycles. The van der Waals surface area contributed by atoms with Crippen LogP contribution in [0.5, 0.6) is 0 Å². The number of nitrogens with one attached hydrogen (secondary N) is 1. The Hall–Kier alpha value is -1.77. The van der Waals surface area contributed by atoms with E-state index in [1.807, 2.05) is 6.92 Å². The van der Waals surface area contributed by atoms with Gasteiger partial charge in [0.15, 0.2) is 0 Å². The van der Waals surface area contributed by atoms with Gasteiger partial charge >= 0.3 is 0 Å². The van der Waals surface area contributed by atoms with Crippen LogP contribution in [0, 0.1) is 0 Å². The summed E-state index contributed by atoms with van der Waals surface area (Å²) in [7, 11) is -3.43. The maximum absolute atomic E-state index is 12.0. The lowest BCUT2D eigenvalue weighted by atomic mass is 10.2. The van der Waals surface area contributed by atoms with E-state index in [0.29, 0.717) is 11.4 Å². The second-order valence-electron chi connectivity index (χ2n) is 4.92. The zero-order valence-corrected chi connectivity index (χ0v) is 15.3. The molecule has 1 amide bonds. The van der Waals surface area contributed by atoms with Crippen molar-refractivity contribution in [2.75, 3.05) is 11.1 Å². The number of benzene rings is 1. The third-order valence-corrected chi connectivity index (χ3v) is 6.30. The summed E-state index contributed by atoms with van der Waals surface area (Å²) in [4.78, 5) is 11.8. The van der Waals surface area contributed by atoms with Crippen molar-refractivity contribution < 1.29 is 13.2 Å². The van der Waals surface area contributed by atoms with E-state index in [1.54, 1.807) is 30.3 Å². The molecule has 24 heavy (non-hydrogen) atoms. The average Bonchev–Trinajstić information content (AvgIpc) is 3.02. The van der Waals surface area contributed by atoms with Crippen LogP contribution in [0.4, 0.5) is 5.13 Å². The van der Waals surface area contributed by atoms with Gasteiger partial charge in [0.05, 0.1) is 5.75 Å². The number of carbonyl (C=O) groups excluding carboxylic acids is 1. The van der Waals surface area contributed by atoms with Gasteiger partial charge < -0.3 is 0 Å². The molecule has 0 aliphatic heterocycles. The van der Waals surface area contributed by atoms with Gasteiger partial charge in [0, 0.05) is 11.1 Å². The van der Waals surface area contributed by atoms with Crippen molar-refractivity contribution in [3.05, 3.63) is 40.9 Å². The van der Waals surface area contributed by atoms with Gasteiger partial charge in [-0.05, 0) is 30.2 Å². The van der Waals surface area contributed by atoms with Gasteiger partial charge in [-0.1, -0.05) is 48.4 Å². The van der Waals surface area contributed by atoms with Gasteiger partial charge in [0.1, 0.15) is 0 Å². The van der Waals surface area contributed by atoms with Crippen LogP contribution < -0.4 is 5.32 Å². The molecule has 9 heteroatoms. The van der Waals surface area contributed by atoms with E-state index in [1.165, 1.54) is 6.08 Å². The first-order valence-corrected chi connectivity index (χ1v) is 10.1. The fourth-order valence-corrected chi connectivity index (χ4v) is 4.31. The monoisotopic (exact) mass is 385 g/mol. The number of nitrogens with zero attached hydrogens (tertiary/aromatic N) is 2. The molecule has 1 aromatic heterocycles. The Labute approximate surface area is 149 Å². The molecule has 0 fully saturated rings. The number of anilines is 1. The Kier molecular flexibility index (Phi) is 6.47. The average molecular weight is 386 g/mol. The molecular formula is C15H16ClN3O3S2. The van der Waals surface area contributed by atoms with Crippen molar-refractivity contribution in [3.8, 4) is 0 Å². The molecule has 0 spiro atoms. The van der Waals surface area contributed by atoms with Crippen molar-refractivity contribution in [3.63, 3.8) is 0 Å². The number of aromatic nitrogens is 2. The van der Waals surface area contributed by atoms with E-state index in [4.69, 9.17) is 11.6 Å². The number of carbonyl (C=O) groups is 1. The molecular weight excluding hydrogens is 370 g/mol. The maximum atomic E-state index is 12.0. The SMILES string of the molecule is CCCCS(=O)(=O)c1nnc(NC(=O)/C=C/c2ccc(Cl)cc2)s1. The molecule has 0 saturated carbocycles. The molecule has 2 aromatic rings. The molecule has 0 bridgehead atoms. The third-order valence-electron chi connectivity index (χ3n) is 2.97. The van der Waals surface area contributed by atoms with E-state index in [9.17, 15) is 13.2 Å². The number of hydrogen-bond donors (Lipinski definition) is 1. The molecule has 1 heterocycles. The van der Waals surface area contributed by atoms with Crippen LogP contribution in [-0.4, -0.2) is 30.3 Å². The first-order chi connectivity index (χ1) is 11.4. The second kappa shape index (κ2) is 8.36. The Bertz CT molecular complexity index is 830. The second-order valence-corrected chi connectivity index (χ2v) is 8.62. The number of sulfone groups is 1. The van der Waals surface area contributed by atoms with Gasteiger partial charge in [0.25, 0.3) is 0 Å². The quantitative estimate of drug-likeness (QED) is 0.582. The summed E-state index contributed by atoms with van der Waals surface area (Å²) in [6.07, 6.45) is 4.28. The van der Waals surface area contributed by atoms with Crippen LogP contribution in [0.1, 0.15) is 25.3 Å². The smallest absolute Gasteiger partial charge is 0.250 e. The van der Waals surface area contributed by atoms with Crippen LogP contribution in [0.3, 0.4) is 0 Å². The van der Waals surface area contributed by atoms with Crippen LogP contribution in [0.25, 0.3) is 6.08 Å². The summed E-state index contributed by atoms with van der Waals surface area (Å²) >= 11 is 6.63. The molecule has 0 aliphatic carbocycles. The topological polar surface area (TPSA) is 89.0 Å². The van der Waals surface area contributed by atoms with Crippen molar-refractivity contribution in [2.45, 2.75) is 24.1 Å². The Morgan fingerprint density at radius 2 is 2.00 bits per heavy atom. The summed E-state index contributed by atoms with van der Waals surface area (Å²) in [6.45, 7) is 1.91. The minimum atomic E-state index is -3.43. The summed E-state index contributed by atoms with van der Waals surface area (Å²) in [5, 5.41) is 10.6. The van der Waals surface area contributed by atoms with Gasteiger partial charge in [0.2, 0.25) is 25.2 Å². The lowest BCUT2D eigenvalue weighted by molar-refractivity contribution is -0.111. The Balaban J connectivity index is 1.99. The van der Waals surface area contributed by atoms with E-state index in [0.717, 1.165) is 23.3 Å². The van der Waals surface area contributed by atoms with E-state index in [-0.39, 0.29) is 15.2 Å². The third kappa shape index (κ3) is 5.40. The highest BCUT2D eigenvalue weighted by atomic mass is 35.5. The standard InChI is InChI=1S/C15H16ClN3O3S2/c1-2-3-10-24(21,22)15-19-18-14(23-15)17-13(20)9-6-11-4-7-12(16)8-5-11/h4-9H,2-3,10H2,1H3,(H,17,18,20)/b9-6+. The van der Waals surface area contributed by atoms with Crippen molar-refractivity contribution in [2.24, 2.45) is 0 Å². The van der Waals surface area contributed by atoms with Crippen molar-refractivity contribution in [1.29, 1.82) is 0 Å². The molecule has 6 nitrogen and oxygen atoms in total. The van der Waals surface area contributed by atoms with Gasteiger partial charge in [-0.25, -0.2) is 8.42 Å². The summed E-state index contributed by atoms with van der Waals surface area (Å²) < 4.78 is 23.9. The van der Waals surface area contributed by atoms with Gasteiger partial charge in [-0.2, -0.15) is 0 Å². The molecule has 0 aliphatic rings. The Morgan fingerprint density at radius 3 is 2.67 bits per heavy atom. The first kappa shape index (κ1) is 18.6. The van der Waals surface area contributed by atoms with Crippen LogP contribution in [-0.2, 0) is 14.6 Å². The van der Waals surface area contributed by atoms with E-state index >= 15 is 0 Å². The largest absolute Gasteiger partial charge is 0.297 e. The highest BCUT2D eigenvalue weighted by Gasteiger charge is 2.20. The summed E-state index contributed by atoms with van der Waals surface area (Å²) in [6, 6.07) is 6.99. The van der Waals surface area contributed by atoms with Crippen LogP contribution in [0.15, 0.2) is 34.7 Å². The predicted octanol–water partition coefficient (Wildman–Crippen LogP) is 3.42. The predicted molar refractivity (Wildman–Crippen MR) is 96.0 cm³/mol. The number of halogens is 1. The van der Waals surface area contributed by atoms with Crippen molar-refractivity contribution in [1.82, 2.24) is 10.2 Å². The number of amides is 1. The molecule has 0 unspecified atom stereocenters. The number of rotatable bonds is 7. The lowest BCUT2D eigenvalue weighted by Crippen LogP contribution is -2.07. The molecule has 1 N–H and O–H groups in total. The molecule has 0 radical (unpaired) electrons. The van der Waals surface area contributed by atoms with Crippen molar-refractivity contribution >= 4 is 49.9 Å². The molecule has 0 saturated heterocycles. The minimum Gasteiger partial charge on any atom is -0.297 e. The Morgan fingerprint density at radius 1 is 1.29 bits per heavy atom. The highest BCUT2D eigenvalue weighted by Crippen LogP contribution is 2.21. The van der Waals surface area contributed by atoms with Gasteiger partial charge in [-0.15, -0.1) is 10.2 Å². The number of unbranched alkanes of at least 4 members (excludes halogenated alkanes) is 1. The summed E-state index contributed by atoms with van der Waals surface area (Å²) in [5.41, 5.74) is 0.814. The fraction of sp³-hybridized carbons (Fsp3) is 0.267. The van der Waals surface area contributed by atoms with Gasteiger partial charge in [-0.3, -0.25) is 10.1 Å². The first-order valence-electron chi connectivity index (χ1n) is 7.21.